The van der Waals surface area contributed by atoms with Crippen molar-refractivity contribution in [1.82, 2.24) is 9.97 Å². The van der Waals surface area contributed by atoms with Gasteiger partial charge in [0.25, 0.3) is 5.56 Å². The van der Waals surface area contributed by atoms with Crippen molar-refractivity contribution in [3.63, 3.8) is 0 Å². The number of benzene rings is 1. The van der Waals surface area contributed by atoms with Gasteiger partial charge < -0.3 is 15.8 Å². The topological polar surface area (TPSA) is 122 Å². The van der Waals surface area contributed by atoms with Crippen LogP contribution in [-0.2, 0) is 16.0 Å². The lowest BCUT2D eigenvalue weighted by Gasteiger charge is -2.09. The van der Waals surface area contributed by atoms with Crippen molar-refractivity contribution in [1.29, 1.82) is 0 Å². The second-order valence-electron chi connectivity index (χ2n) is 6.66. The zero-order valence-corrected chi connectivity index (χ0v) is 16.7. The van der Waals surface area contributed by atoms with Crippen LogP contribution in [0.25, 0.3) is 0 Å². The van der Waals surface area contributed by atoms with E-state index >= 15 is 0 Å². The molecular weight excluding hydrogens is 358 g/mol. The fraction of sp³-hybridized carbons (Fsp3) is 0.400. The van der Waals surface area contributed by atoms with Crippen LogP contribution in [0.4, 0.5) is 11.6 Å². The van der Waals surface area contributed by atoms with Crippen LogP contribution in [0.15, 0.2) is 34.1 Å². The molecule has 1 heterocycles. The van der Waals surface area contributed by atoms with Gasteiger partial charge in [-0.05, 0) is 43.9 Å². The van der Waals surface area contributed by atoms with E-state index in [0.29, 0.717) is 23.8 Å². The average molecular weight is 385 g/mol. The largest absolute Gasteiger partial charge is 0.466 e. The molecule has 0 aliphatic rings. The molecule has 0 saturated carbocycles. The third-order valence-electron chi connectivity index (χ3n) is 4.17. The minimum Gasteiger partial charge on any atom is -0.466 e. The molecule has 0 unspecified atom stereocenters. The average Bonchev–Trinajstić information content (AvgIpc) is 2.61. The van der Waals surface area contributed by atoms with Crippen LogP contribution in [0.3, 0.4) is 0 Å². The molecule has 0 amide bonds. The van der Waals surface area contributed by atoms with E-state index in [1.165, 1.54) is 5.56 Å². The van der Waals surface area contributed by atoms with Crippen molar-refractivity contribution in [2.45, 2.75) is 46.5 Å². The van der Waals surface area contributed by atoms with Crippen LogP contribution < -0.4 is 16.6 Å². The van der Waals surface area contributed by atoms with Gasteiger partial charge in [0.2, 0.25) is 11.9 Å². The Hall–Kier alpha value is -3.16. The number of hydrogen-bond acceptors (Lipinski definition) is 5. The highest BCUT2D eigenvalue weighted by Gasteiger charge is 2.11. The first kappa shape index (κ1) is 21.1. The number of aromatic nitrogens is 2. The number of aryl methyl sites for hydroxylation is 1. The van der Waals surface area contributed by atoms with Gasteiger partial charge in [0.1, 0.15) is 0 Å². The van der Waals surface area contributed by atoms with E-state index in [-0.39, 0.29) is 36.3 Å². The Morgan fingerprint density at radius 2 is 2.00 bits per heavy atom. The maximum atomic E-state index is 12.3. The number of carbonyl (C=O) groups is 1. The third-order valence-corrected chi connectivity index (χ3v) is 4.17. The summed E-state index contributed by atoms with van der Waals surface area (Å²) < 4.78 is 4.88. The van der Waals surface area contributed by atoms with Crippen molar-refractivity contribution in [2.75, 3.05) is 11.9 Å². The van der Waals surface area contributed by atoms with Gasteiger partial charge in [-0.25, -0.2) is 4.98 Å². The molecule has 2 rings (SSSR count). The van der Waals surface area contributed by atoms with Crippen LogP contribution in [0.5, 0.6) is 0 Å². The first-order chi connectivity index (χ1) is 13.3. The molecule has 0 spiro atoms. The molecule has 0 saturated heterocycles. The normalized spacial score (nSPS) is 11.5. The van der Waals surface area contributed by atoms with E-state index in [4.69, 9.17) is 10.5 Å². The van der Waals surface area contributed by atoms with E-state index in [2.05, 4.69) is 34.1 Å². The number of nitrogens with one attached hydrogen (secondary N) is 2. The number of anilines is 1. The molecule has 1 aromatic heterocycles. The number of rotatable bonds is 7. The number of carbonyl (C=O) groups excluding carboxylic acids is 1. The van der Waals surface area contributed by atoms with Crippen molar-refractivity contribution >= 4 is 23.6 Å². The Morgan fingerprint density at radius 1 is 1.32 bits per heavy atom. The maximum absolute atomic E-state index is 12.3. The molecule has 8 heteroatoms. The minimum atomic E-state index is -0.347. The highest BCUT2D eigenvalue weighted by atomic mass is 16.5. The lowest BCUT2D eigenvalue weighted by Crippen LogP contribution is -2.23. The summed E-state index contributed by atoms with van der Waals surface area (Å²) in [5.41, 5.74) is 8.52. The van der Waals surface area contributed by atoms with Crippen molar-refractivity contribution in [2.24, 2.45) is 10.7 Å². The standard InChI is InChI=1S/C20H27N5O3/c1-5-28-17(26)11-10-16-13(4)22-20(24-18(16)27)25-19(21)23-15-8-6-14(7-9-15)12(2)3/h6-9,12H,5,10-11H2,1-4H3,(H4,21,22,23,24,25,27). The minimum absolute atomic E-state index is 0.103. The number of ether oxygens (including phenoxy) is 1. The van der Waals surface area contributed by atoms with Crippen LogP contribution in [0, 0.1) is 6.92 Å². The Bertz CT molecular complexity index is 901. The monoisotopic (exact) mass is 385 g/mol. The summed E-state index contributed by atoms with van der Waals surface area (Å²) in [5.74, 6) is 0.310. The van der Waals surface area contributed by atoms with Crippen LogP contribution in [0.2, 0.25) is 0 Å². The Morgan fingerprint density at radius 3 is 2.57 bits per heavy atom. The van der Waals surface area contributed by atoms with E-state index in [9.17, 15) is 9.59 Å². The summed E-state index contributed by atoms with van der Waals surface area (Å²) in [6.07, 6.45) is 0.380. The Kier molecular flexibility index (Phi) is 7.31. The molecule has 0 bridgehead atoms. The van der Waals surface area contributed by atoms with Gasteiger partial charge in [0.15, 0.2) is 0 Å². The lowest BCUT2D eigenvalue weighted by molar-refractivity contribution is -0.143. The molecule has 28 heavy (non-hydrogen) atoms. The number of nitrogens with zero attached hydrogens (tertiary/aromatic N) is 2. The van der Waals surface area contributed by atoms with Crippen molar-refractivity contribution in [3.8, 4) is 0 Å². The summed E-state index contributed by atoms with van der Waals surface area (Å²) in [5, 5.41) is 2.97. The number of guanidine groups is 1. The van der Waals surface area contributed by atoms with Gasteiger partial charge in [-0.15, -0.1) is 0 Å². The summed E-state index contributed by atoms with van der Waals surface area (Å²) in [7, 11) is 0. The third kappa shape index (κ3) is 5.94. The second-order valence-corrected chi connectivity index (χ2v) is 6.66. The van der Waals surface area contributed by atoms with E-state index in [1.54, 1.807) is 13.8 Å². The van der Waals surface area contributed by atoms with Crippen LogP contribution in [-0.4, -0.2) is 28.5 Å². The molecule has 4 N–H and O–H groups in total. The molecular formula is C20H27N5O3. The number of nitrogens with two attached hydrogens (primary N) is 1. The SMILES string of the molecule is CCOC(=O)CCc1c(C)nc(N=C(N)Nc2ccc(C(C)C)cc2)[nH]c1=O. The summed E-state index contributed by atoms with van der Waals surface area (Å²) >= 11 is 0. The number of H-pyrrole nitrogens is 1. The number of aromatic amines is 1. The molecule has 0 fully saturated rings. The van der Waals surface area contributed by atoms with Gasteiger partial charge >= 0.3 is 5.97 Å². The fourth-order valence-corrected chi connectivity index (χ4v) is 2.64. The zero-order chi connectivity index (χ0) is 20.7. The maximum Gasteiger partial charge on any atom is 0.306 e. The van der Waals surface area contributed by atoms with Gasteiger partial charge in [-0.1, -0.05) is 26.0 Å². The predicted octanol–water partition coefficient (Wildman–Crippen LogP) is 2.76. The molecule has 0 radical (unpaired) electrons. The van der Waals surface area contributed by atoms with E-state index < -0.39 is 0 Å². The first-order valence-electron chi connectivity index (χ1n) is 9.26. The highest BCUT2D eigenvalue weighted by Crippen LogP contribution is 2.17. The van der Waals surface area contributed by atoms with Gasteiger partial charge in [-0.3, -0.25) is 14.6 Å². The van der Waals surface area contributed by atoms with E-state index in [1.807, 2.05) is 24.3 Å². The Labute approximate surface area is 164 Å². The van der Waals surface area contributed by atoms with E-state index in [0.717, 1.165) is 5.69 Å². The van der Waals surface area contributed by atoms with Gasteiger partial charge in [-0.2, -0.15) is 4.99 Å². The molecule has 2 aromatic rings. The lowest BCUT2D eigenvalue weighted by atomic mass is 10.0. The van der Waals surface area contributed by atoms with Crippen LogP contribution >= 0.6 is 0 Å². The molecule has 0 aliphatic heterocycles. The smallest absolute Gasteiger partial charge is 0.306 e. The molecule has 1 aromatic carbocycles. The second kappa shape index (κ2) is 9.68. The highest BCUT2D eigenvalue weighted by molar-refractivity contribution is 5.93. The van der Waals surface area contributed by atoms with Crippen molar-refractivity contribution < 1.29 is 9.53 Å². The molecule has 8 nitrogen and oxygen atoms in total. The van der Waals surface area contributed by atoms with Gasteiger partial charge in [0, 0.05) is 17.7 Å². The quantitative estimate of drug-likeness (QED) is 0.383. The molecule has 0 aliphatic carbocycles. The van der Waals surface area contributed by atoms with Crippen LogP contribution in [0.1, 0.15) is 49.9 Å². The number of aliphatic imine (C=N–C) groups is 1. The number of hydrogen-bond donors (Lipinski definition) is 3. The molecule has 0 atom stereocenters. The fourth-order valence-electron chi connectivity index (χ4n) is 2.64. The number of esters is 1. The molecule has 150 valence electrons. The first-order valence-corrected chi connectivity index (χ1v) is 9.26. The summed E-state index contributed by atoms with van der Waals surface area (Å²) in [6, 6.07) is 7.86. The Balaban J connectivity index is 2.10. The van der Waals surface area contributed by atoms with Crippen molar-refractivity contribution in [3.05, 3.63) is 51.4 Å². The van der Waals surface area contributed by atoms with Gasteiger partial charge in [0.05, 0.1) is 12.3 Å². The predicted molar refractivity (Wildman–Crippen MR) is 110 cm³/mol. The summed E-state index contributed by atoms with van der Waals surface area (Å²) in [6.45, 7) is 8.00. The summed E-state index contributed by atoms with van der Waals surface area (Å²) in [4.78, 5) is 34.7. The zero-order valence-electron chi connectivity index (χ0n) is 16.7.